The van der Waals surface area contributed by atoms with Gasteiger partial charge in [0.15, 0.2) is 0 Å². The first-order valence-electron chi connectivity index (χ1n) is 8.59. The van der Waals surface area contributed by atoms with Crippen molar-refractivity contribution < 1.29 is 9.53 Å². The number of hydrogen-bond acceptors (Lipinski definition) is 4. The first-order valence-corrected chi connectivity index (χ1v) is 8.59. The first kappa shape index (κ1) is 15.4. The van der Waals surface area contributed by atoms with Crippen molar-refractivity contribution in [3.63, 3.8) is 0 Å². The van der Waals surface area contributed by atoms with E-state index in [4.69, 9.17) is 10.5 Å². The Morgan fingerprint density at radius 2 is 1.75 bits per heavy atom. The van der Waals surface area contributed by atoms with E-state index in [0.29, 0.717) is 6.61 Å². The van der Waals surface area contributed by atoms with Crippen molar-refractivity contribution in [3.05, 3.63) is 59.7 Å². The zero-order chi connectivity index (χ0) is 16.5. The van der Waals surface area contributed by atoms with Crippen LogP contribution < -0.4 is 11.1 Å². The molecule has 0 spiro atoms. The van der Waals surface area contributed by atoms with E-state index in [1.165, 1.54) is 22.3 Å². The third kappa shape index (κ3) is 2.62. The molecule has 3 N–H and O–H groups in total. The van der Waals surface area contributed by atoms with E-state index in [1.807, 2.05) is 24.3 Å². The molecule has 2 atom stereocenters. The number of carbonyl (C=O) groups is 1. The van der Waals surface area contributed by atoms with Gasteiger partial charge in [0.1, 0.15) is 12.6 Å². The fraction of sp³-hybridized carbons (Fsp3) is 0.350. The Bertz CT molecular complexity index is 707. The highest BCUT2D eigenvalue weighted by Crippen LogP contribution is 2.44. The summed E-state index contributed by atoms with van der Waals surface area (Å²) in [4.78, 5) is 12.3. The molecule has 0 unspecified atom stereocenters. The van der Waals surface area contributed by atoms with Gasteiger partial charge in [-0.1, -0.05) is 48.5 Å². The van der Waals surface area contributed by atoms with Gasteiger partial charge >= 0.3 is 5.97 Å². The van der Waals surface area contributed by atoms with Gasteiger partial charge in [-0.3, -0.25) is 4.79 Å². The molecular formula is C20H22N2O2. The van der Waals surface area contributed by atoms with Crippen molar-refractivity contribution in [1.82, 2.24) is 5.32 Å². The van der Waals surface area contributed by atoms with Crippen LogP contribution in [0.4, 0.5) is 0 Å². The average Bonchev–Trinajstić information content (AvgIpc) is 3.26. The van der Waals surface area contributed by atoms with E-state index in [-0.39, 0.29) is 17.9 Å². The van der Waals surface area contributed by atoms with Crippen LogP contribution in [0.25, 0.3) is 11.1 Å². The number of benzene rings is 2. The largest absolute Gasteiger partial charge is 0.463 e. The molecule has 1 heterocycles. The van der Waals surface area contributed by atoms with Crippen molar-refractivity contribution in [3.8, 4) is 11.1 Å². The molecule has 4 heteroatoms. The van der Waals surface area contributed by atoms with Crippen LogP contribution in [0.3, 0.4) is 0 Å². The van der Waals surface area contributed by atoms with E-state index >= 15 is 0 Å². The number of hydrogen-bond donors (Lipinski definition) is 2. The minimum Gasteiger partial charge on any atom is -0.463 e. The summed E-state index contributed by atoms with van der Waals surface area (Å²) in [6.45, 7) is 1.27. The van der Waals surface area contributed by atoms with Crippen molar-refractivity contribution in [2.75, 3.05) is 13.2 Å². The summed E-state index contributed by atoms with van der Waals surface area (Å²) in [6.07, 6.45) is 2.00. The van der Waals surface area contributed by atoms with Crippen LogP contribution in [-0.4, -0.2) is 31.2 Å². The van der Waals surface area contributed by atoms with Crippen LogP contribution in [0, 0.1) is 0 Å². The standard InChI is InChI=1S/C20H22N2O2/c21-19(18-10-5-11-22-18)20(23)24-12-17-15-8-3-1-6-13(15)14-7-2-4-9-16(14)17/h1-4,6-9,17-19,22H,5,10-12,21H2/t18-,19-/m1/s1. The third-order valence-electron chi connectivity index (χ3n) is 5.16. The lowest BCUT2D eigenvalue weighted by Crippen LogP contribution is -2.47. The Hall–Kier alpha value is -2.17. The predicted octanol–water partition coefficient (Wildman–Crippen LogP) is 2.42. The quantitative estimate of drug-likeness (QED) is 0.849. The number of ether oxygens (including phenoxy) is 1. The van der Waals surface area contributed by atoms with Gasteiger partial charge in [-0.15, -0.1) is 0 Å². The minimum atomic E-state index is -0.584. The highest BCUT2D eigenvalue weighted by atomic mass is 16.5. The van der Waals surface area contributed by atoms with E-state index < -0.39 is 6.04 Å². The predicted molar refractivity (Wildman–Crippen MR) is 93.7 cm³/mol. The van der Waals surface area contributed by atoms with Crippen molar-refractivity contribution in [2.45, 2.75) is 30.8 Å². The molecule has 4 rings (SSSR count). The molecule has 0 bridgehead atoms. The summed E-state index contributed by atoms with van der Waals surface area (Å²) >= 11 is 0. The summed E-state index contributed by atoms with van der Waals surface area (Å²) in [6, 6.07) is 16.1. The molecule has 24 heavy (non-hydrogen) atoms. The Morgan fingerprint density at radius 1 is 1.12 bits per heavy atom. The third-order valence-corrected chi connectivity index (χ3v) is 5.16. The number of carbonyl (C=O) groups excluding carboxylic acids is 1. The van der Waals surface area contributed by atoms with Gasteiger partial charge in [-0.05, 0) is 41.6 Å². The minimum absolute atomic E-state index is 0.0423. The molecule has 0 amide bonds. The number of esters is 1. The maximum absolute atomic E-state index is 12.3. The van der Waals surface area contributed by atoms with Crippen LogP contribution in [0.15, 0.2) is 48.5 Å². The van der Waals surface area contributed by atoms with Gasteiger partial charge in [0.2, 0.25) is 0 Å². The lowest BCUT2D eigenvalue weighted by molar-refractivity contribution is -0.146. The molecule has 0 saturated carbocycles. The molecule has 2 aliphatic rings. The Labute approximate surface area is 142 Å². The van der Waals surface area contributed by atoms with Gasteiger partial charge in [0.05, 0.1) is 0 Å². The number of nitrogens with two attached hydrogens (primary N) is 1. The van der Waals surface area contributed by atoms with E-state index in [1.54, 1.807) is 0 Å². The normalized spacial score (nSPS) is 20.5. The maximum atomic E-state index is 12.3. The van der Waals surface area contributed by atoms with Gasteiger partial charge in [0.25, 0.3) is 0 Å². The lowest BCUT2D eigenvalue weighted by Gasteiger charge is -2.20. The molecule has 2 aromatic rings. The smallest absolute Gasteiger partial charge is 0.324 e. The Kier molecular flexibility index (Phi) is 4.08. The molecule has 1 saturated heterocycles. The maximum Gasteiger partial charge on any atom is 0.324 e. The van der Waals surface area contributed by atoms with Crippen LogP contribution in [-0.2, 0) is 9.53 Å². The van der Waals surface area contributed by atoms with Gasteiger partial charge in [-0.2, -0.15) is 0 Å². The highest BCUT2D eigenvalue weighted by Gasteiger charge is 2.32. The molecule has 0 radical (unpaired) electrons. The summed E-state index contributed by atoms with van der Waals surface area (Å²) in [7, 11) is 0. The molecule has 4 nitrogen and oxygen atoms in total. The van der Waals surface area contributed by atoms with Gasteiger partial charge < -0.3 is 15.8 Å². The van der Waals surface area contributed by atoms with Crippen LogP contribution >= 0.6 is 0 Å². The van der Waals surface area contributed by atoms with Crippen molar-refractivity contribution >= 4 is 5.97 Å². The number of fused-ring (bicyclic) bond motifs is 3. The zero-order valence-electron chi connectivity index (χ0n) is 13.6. The molecule has 2 aromatic carbocycles. The van der Waals surface area contributed by atoms with Crippen molar-refractivity contribution in [2.24, 2.45) is 5.73 Å². The number of nitrogens with one attached hydrogen (secondary N) is 1. The second-order valence-corrected chi connectivity index (χ2v) is 6.59. The van der Waals surface area contributed by atoms with Crippen LogP contribution in [0.1, 0.15) is 29.9 Å². The molecule has 1 fully saturated rings. The molecular weight excluding hydrogens is 300 g/mol. The molecule has 0 aromatic heterocycles. The number of rotatable bonds is 4. The monoisotopic (exact) mass is 322 g/mol. The van der Waals surface area contributed by atoms with Crippen molar-refractivity contribution in [1.29, 1.82) is 0 Å². The molecule has 124 valence electrons. The van der Waals surface area contributed by atoms with Crippen LogP contribution in [0.2, 0.25) is 0 Å². The topological polar surface area (TPSA) is 64.4 Å². The van der Waals surface area contributed by atoms with Gasteiger partial charge in [0, 0.05) is 12.0 Å². The zero-order valence-corrected chi connectivity index (χ0v) is 13.6. The lowest BCUT2D eigenvalue weighted by atomic mass is 9.98. The van der Waals surface area contributed by atoms with Gasteiger partial charge in [-0.25, -0.2) is 0 Å². The molecule has 1 aliphatic carbocycles. The summed E-state index contributed by atoms with van der Waals surface area (Å²) in [5, 5.41) is 3.27. The Morgan fingerprint density at radius 3 is 2.33 bits per heavy atom. The summed E-state index contributed by atoms with van der Waals surface area (Å²) in [5.74, 6) is -0.221. The average molecular weight is 322 g/mol. The second-order valence-electron chi connectivity index (χ2n) is 6.59. The van der Waals surface area contributed by atoms with E-state index in [2.05, 4.69) is 29.6 Å². The fourth-order valence-electron chi connectivity index (χ4n) is 3.88. The first-order chi connectivity index (χ1) is 11.8. The van der Waals surface area contributed by atoms with E-state index in [9.17, 15) is 4.79 Å². The Balaban J connectivity index is 1.51. The van der Waals surface area contributed by atoms with Crippen LogP contribution in [0.5, 0.6) is 0 Å². The summed E-state index contributed by atoms with van der Waals surface area (Å²) in [5.41, 5.74) is 11.0. The SMILES string of the molecule is N[C@@H](C(=O)OCC1c2ccccc2-c2ccccc21)[C@H]1CCCN1. The fourth-order valence-corrected chi connectivity index (χ4v) is 3.88. The molecule has 1 aliphatic heterocycles. The highest BCUT2D eigenvalue weighted by molar-refractivity contribution is 5.80. The second kappa shape index (κ2) is 6.38. The summed E-state index contributed by atoms with van der Waals surface area (Å²) < 4.78 is 5.61. The van der Waals surface area contributed by atoms with E-state index in [0.717, 1.165) is 19.4 Å².